The number of nitrogens with two attached hydrogens (primary N) is 1. The van der Waals surface area contributed by atoms with Gasteiger partial charge in [-0.2, -0.15) is 0 Å². The summed E-state index contributed by atoms with van der Waals surface area (Å²) in [5.74, 6) is 0.476. The van der Waals surface area contributed by atoms with Crippen LogP contribution >= 0.6 is 0 Å². The van der Waals surface area contributed by atoms with Gasteiger partial charge in [-0.05, 0) is 12.0 Å². The molecule has 1 heterocycles. The highest BCUT2D eigenvalue weighted by Gasteiger charge is 2.08. The van der Waals surface area contributed by atoms with E-state index in [-0.39, 0.29) is 0 Å². The SMILES string of the molecule is CCc1ccc(-c2nnc(N)c3ccccc23)cc1. The van der Waals surface area contributed by atoms with Gasteiger partial charge in [0.1, 0.15) is 5.69 Å². The van der Waals surface area contributed by atoms with Crippen molar-refractivity contribution < 1.29 is 0 Å². The zero-order valence-corrected chi connectivity index (χ0v) is 10.8. The van der Waals surface area contributed by atoms with E-state index in [1.165, 1.54) is 5.56 Å². The van der Waals surface area contributed by atoms with Crippen LogP contribution in [0, 0.1) is 0 Å². The first-order chi connectivity index (χ1) is 9.29. The third-order valence-electron chi connectivity index (χ3n) is 3.35. The molecule has 0 aliphatic heterocycles. The van der Waals surface area contributed by atoms with Crippen LogP contribution in [0.4, 0.5) is 5.82 Å². The van der Waals surface area contributed by atoms with E-state index in [9.17, 15) is 0 Å². The molecule has 1 aromatic heterocycles. The number of benzene rings is 2. The fourth-order valence-corrected chi connectivity index (χ4v) is 2.24. The Kier molecular flexibility index (Phi) is 2.88. The van der Waals surface area contributed by atoms with Crippen LogP contribution in [0.5, 0.6) is 0 Å². The first-order valence-corrected chi connectivity index (χ1v) is 6.40. The summed E-state index contributed by atoms with van der Waals surface area (Å²) in [7, 11) is 0. The fourth-order valence-electron chi connectivity index (χ4n) is 2.24. The van der Waals surface area contributed by atoms with Crippen LogP contribution < -0.4 is 5.73 Å². The molecule has 0 aliphatic rings. The maximum atomic E-state index is 5.88. The van der Waals surface area contributed by atoms with Gasteiger partial charge in [0.05, 0.1) is 0 Å². The van der Waals surface area contributed by atoms with E-state index in [0.717, 1.165) is 28.5 Å². The number of aryl methyl sites for hydroxylation is 1. The molecule has 2 aromatic carbocycles. The van der Waals surface area contributed by atoms with Crippen LogP contribution in [0.1, 0.15) is 12.5 Å². The van der Waals surface area contributed by atoms with Gasteiger partial charge in [0.2, 0.25) is 0 Å². The van der Waals surface area contributed by atoms with Crippen LogP contribution in [0.15, 0.2) is 48.5 Å². The van der Waals surface area contributed by atoms with E-state index in [4.69, 9.17) is 5.73 Å². The van der Waals surface area contributed by atoms with E-state index < -0.39 is 0 Å². The minimum atomic E-state index is 0.476. The number of hydrogen-bond donors (Lipinski definition) is 1. The predicted octanol–water partition coefficient (Wildman–Crippen LogP) is 3.44. The van der Waals surface area contributed by atoms with Crippen molar-refractivity contribution in [2.75, 3.05) is 5.73 Å². The van der Waals surface area contributed by atoms with Crippen molar-refractivity contribution in [1.82, 2.24) is 10.2 Å². The molecule has 0 aliphatic carbocycles. The molecule has 0 bridgehead atoms. The summed E-state index contributed by atoms with van der Waals surface area (Å²) >= 11 is 0. The number of anilines is 1. The van der Waals surface area contributed by atoms with Gasteiger partial charge in [0, 0.05) is 16.3 Å². The standard InChI is InChI=1S/C16H15N3/c1-2-11-7-9-12(10-8-11)15-13-5-3-4-6-14(13)16(17)19-18-15/h3-10H,2H2,1H3,(H2,17,19). The number of nitrogens with zero attached hydrogens (tertiary/aromatic N) is 2. The zero-order valence-electron chi connectivity index (χ0n) is 10.8. The molecule has 2 N–H and O–H groups in total. The summed E-state index contributed by atoms with van der Waals surface area (Å²) in [5.41, 5.74) is 9.14. The maximum Gasteiger partial charge on any atom is 0.154 e. The van der Waals surface area contributed by atoms with Gasteiger partial charge in [-0.15, -0.1) is 10.2 Å². The minimum Gasteiger partial charge on any atom is -0.382 e. The lowest BCUT2D eigenvalue weighted by Crippen LogP contribution is -1.97. The Morgan fingerprint density at radius 1 is 0.895 bits per heavy atom. The van der Waals surface area contributed by atoms with E-state index in [0.29, 0.717) is 5.82 Å². The molecule has 0 saturated carbocycles. The number of nitrogen functional groups attached to an aromatic ring is 1. The van der Waals surface area contributed by atoms with E-state index >= 15 is 0 Å². The van der Waals surface area contributed by atoms with E-state index in [1.807, 2.05) is 24.3 Å². The molecule has 0 amide bonds. The second kappa shape index (κ2) is 4.69. The molecule has 0 saturated heterocycles. The second-order valence-corrected chi connectivity index (χ2v) is 4.53. The van der Waals surface area contributed by atoms with Gasteiger partial charge in [0.25, 0.3) is 0 Å². The monoisotopic (exact) mass is 249 g/mol. The van der Waals surface area contributed by atoms with Crippen LogP contribution in [0.2, 0.25) is 0 Å². The fraction of sp³-hybridized carbons (Fsp3) is 0.125. The van der Waals surface area contributed by atoms with Crippen molar-refractivity contribution in [3.05, 3.63) is 54.1 Å². The number of fused-ring (bicyclic) bond motifs is 1. The Labute approximate surface area is 112 Å². The molecule has 0 atom stereocenters. The van der Waals surface area contributed by atoms with Gasteiger partial charge < -0.3 is 5.73 Å². The van der Waals surface area contributed by atoms with Gasteiger partial charge in [0.15, 0.2) is 5.82 Å². The quantitative estimate of drug-likeness (QED) is 0.757. The van der Waals surface area contributed by atoms with Crippen LogP contribution in [-0.4, -0.2) is 10.2 Å². The van der Waals surface area contributed by atoms with Crippen LogP contribution in [0.25, 0.3) is 22.0 Å². The summed E-state index contributed by atoms with van der Waals surface area (Å²) in [6.45, 7) is 2.15. The van der Waals surface area contributed by atoms with Crippen molar-refractivity contribution in [2.24, 2.45) is 0 Å². The molecule has 94 valence electrons. The van der Waals surface area contributed by atoms with Crippen LogP contribution in [-0.2, 0) is 6.42 Å². The molecule has 0 spiro atoms. The molecular weight excluding hydrogens is 234 g/mol. The Morgan fingerprint density at radius 3 is 2.26 bits per heavy atom. The smallest absolute Gasteiger partial charge is 0.154 e. The highest BCUT2D eigenvalue weighted by Crippen LogP contribution is 2.28. The molecule has 0 fully saturated rings. The highest BCUT2D eigenvalue weighted by atomic mass is 15.1. The van der Waals surface area contributed by atoms with Crippen molar-refractivity contribution in [1.29, 1.82) is 0 Å². The third-order valence-corrected chi connectivity index (χ3v) is 3.35. The Balaban J connectivity index is 2.21. The molecule has 3 rings (SSSR count). The largest absolute Gasteiger partial charge is 0.382 e. The summed E-state index contributed by atoms with van der Waals surface area (Å²) in [5, 5.41) is 10.3. The molecule has 19 heavy (non-hydrogen) atoms. The Bertz CT molecular complexity index is 718. The molecule has 3 heteroatoms. The van der Waals surface area contributed by atoms with E-state index in [1.54, 1.807) is 0 Å². The topological polar surface area (TPSA) is 51.8 Å². The predicted molar refractivity (Wildman–Crippen MR) is 78.8 cm³/mol. The summed E-state index contributed by atoms with van der Waals surface area (Å²) in [6, 6.07) is 16.4. The minimum absolute atomic E-state index is 0.476. The average molecular weight is 249 g/mol. The van der Waals surface area contributed by atoms with Gasteiger partial charge in [-0.3, -0.25) is 0 Å². The lowest BCUT2D eigenvalue weighted by atomic mass is 10.0. The second-order valence-electron chi connectivity index (χ2n) is 4.53. The van der Waals surface area contributed by atoms with Gasteiger partial charge >= 0.3 is 0 Å². The molecular formula is C16H15N3. The highest BCUT2D eigenvalue weighted by molar-refractivity contribution is 5.99. The number of rotatable bonds is 2. The molecule has 3 nitrogen and oxygen atoms in total. The molecule has 0 unspecified atom stereocenters. The first-order valence-electron chi connectivity index (χ1n) is 6.40. The average Bonchev–Trinajstić information content (AvgIpc) is 2.48. The summed E-state index contributed by atoms with van der Waals surface area (Å²) < 4.78 is 0. The number of aromatic nitrogens is 2. The van der Waals surface area contributed by atoms with Gasteiger partial charge in [-0.1, -0.05) is 55.5 Å². The third kappa shape index (κ3) is 2.03. The van der Waals surface area contributed by atoms with Crippen molar-refractivity contribution in [2.45, 2.75) is 13.3 Å². The summed E-state index contributed by atoms with van der Waals surface area (Å²) in [4.78, 5) is 0. The van der Waals surface area contributed by atoms with Crippen LogP contribution in [0.3, 0.4) is 0 Å². The van der Waals surface area contributed by atoms with E-state index in [2.05, 4.69) is 41.4 Å². The van der Waals surface area contributed by atoms with Crippen molar-refractivity contribution in [3.8, 4) is 11.3 Å². The Morgan fingerprint density at radius 2 is 1.58 bits per heavy atom. The molecule has 3 aromatic rings. The van der Waals surface area contributed by atoms with Crippen molar-refractivity contribution in [3.63, 3.8) is 0 Å². The van der Waals surface area contributed by atoms with Gasteiger partial charge in [-0.25, -0.2) is 0 Å². The first kappa shape index (κ1) is 11.7. The molecule has 0 radical (unpaired) electrons. The number of hydrogen-bond acceptors (Lipinski definition) is 3. The maximum absolute atomic E-state index is 5.88. The van der Waals surface area contributed by atoms with Crippen molar-refractivity contribution >= 4 is 16.6 Å². The zero-order chi connectivity index (χ0) is 13.2. The normalized spacial score (nSPS) is 10.8. The lowest BCUT2D eigenvalue weighted by molar-refractivity contribution is 1.06. The lowest BCUT2D eigenvalue weighted by Gasteiger charge is -2.07. The summed E-state index contributed by atoms with van der Waals surface area (Å²) in [6.07, 6.45) is 1.04. The Hall–Kier alpha value is -2.42.